The number of carbonyl (C=O) groups is 1. The molecule has 1 amide bonds. The van der Waals surface area contributed by atoms with Crippen molar-refractivity contribution in [3.8, 4) is 0 Å². The summed E-state index contributed by atoms with van der Waals surface area (Å²) in [6, 6.07) is 13.9. The number of hydrogen-bond donors (Lipinski definition) is 2. The molecule has 0 fully saturated rings. The SMILES string of the molecule is NC(=O)c1ccc2c(c1)CC(NSc1ccc(Cl)cc1)CC2. The number of halogens is 1. The van der Waals surface area contributed by atoms with E-state index in [0.717, 1.165) is 29.2 Å². The van der Waals surface area contributed by atoms with Gasteiger partial charge in [0.1, 0.15) is 0 Å². The fourth-order valence-electron chi connectivity index (χ4n) is 2.66. The van der Waals surface area contributed by atoms with E-state index >= 15 is 0 Å². The number of nitrogens with one attached hydrogen (secondary N) is 1. The third-order valence-electron chi connectivity index (χ3n) is 3.88. The first-order valence-corrected chi connectivity index (χ1v) is 8.41. The average Bonchev–Trinajstić information content (AvgIpc) is 2.53. The summed E-state index contributed by atoms with van der Waals surface area (Å²) >= 11 is 7.51. The Labute approximate surface area is 139 Å². The molecule has 0 heterocycles. The number of nitrogens with two attached hydrogens (primary N) is 1. The molecule has 3 rings (SSSR count). The van der Waals surface area contributed by atoms with Gasteiger partial charge in [-0.3, -0.25) is 9.52 Å². The van der Waals surface area contributed by atoms with Crippen LogP contribution in [0.5, 0.6) is 0 Å². The van der Waals surface area contributed by atoms with Crippen LogP contribution in [0.4, 0.5) is 0 Å². The molecule has 0 saturated heterocycles. The standard InChI is InChI=1S/C17H17ClN2OS/c18-14-4-7-16(8-5-14)22-20-15-6-3-11-1-2-12(17(19)21)9-13(11)10-15/h1-2,4-5,7-9,15,20H,3,6,10H2,(H2,19,21). The Morgan fingerprint density at radius 2 is 1.95 bits per heavy atom. The van der Waals surface area contributed by atoms with Gasteiger partial charge in [0.05, 0.1) is 0 Å². The molecule has 1 aliphatic rings. The molecule has 114 valence electrons. The molecule has 1 aliphatic carbocycles. The zero-order valence-corrected chi connectivity index (χ0v) is 13.6. The summed E-state index contributed by atoms with van der Waals surface area (Å²) in [6.07, 6.45) is 3.02. The first-order valence-electron chi connectivity index (χ1n) is 7.21. The van der Waals surface area contributed by atoms with E-state index in [1.807, 2.05) is 42.5 Å². The van der Waals surface area contributed by atoms with E-state index in [4.69, 9.17) is 17.3 Å². The van der Waals surface area contributed by atoms with Gasteiger partial charge in [0.2, 0.25) is 5.91 Å². The number of amides is 1. The van der Waals surface area contributed by atoms with Crippen molar-refractivity contribution in [3.63, 3.8) is 0 Å². The maximum atomic E-state index is 11.3. The summed E-state index contributed by atoms with van der Waals surface area (Å²) in [5.74, 6) is -0.367. The molecule has 1 unspecified atom stereocenters. The lowest BCUT2D eigenvalue weighted by Gasteiger charge is -2.25. The maximum absolute atomic E-state index is 11.3. The fourth-order valence-corrected chi connectivity index (χ4v) is 3.57. The Kier molecular flexibility index (Phi) is 4.71. The number of primary amides is 1. The first-order chi connectivity index (χ1) is 10.6. The minimum atomic E-state index is -0.367. The van der Waals surface area contributed by atoms with Crippen LogP contribution in [-0.2, 0) is 12.8 Å². The molecular weight excluding hydrogens is 316 g/mol. The van der Waals surface area contributed by atoms with Crippen LogP contribution in [0.15, 0.2) is 47.4 Å². The molecule has 2 aromatic carbocycles. The first kappa shape index (κ1) is 15.4. The largest absolute Gasteiger partial charge is 0.366 e. The average molecular weight is 333 g/mol. The smallest absolute Gasteiger partial charge is 0.248 e. The maximum Gasteiger partial charge on any atom is 0.248 e. The van der Waals surface area contributed by atoms with Gasteiger partial charge in [-0.05, 0) is 78.7 Å². The molecule has 3 nitrogen and oxygen atoms in total. The van der Waals surface area contributed by atoms with Crippen LogP contribution < -0.4 is 10.5 Å². The second-order valence-corrected chi connectivity index (χ2v) is 6.81. The predicted molar refractivity (Wildman–Crippen MR) is 91.2 cm³/mol. The van der Waals surface area contributed by atoms with Crippen LogP contribution >= 0.6 is 23.5 Å². The van der Waals surface area contributed by atoms with Gasteiger partial charge >= 0.3 is 0 Å². The van der Waals surface area contributed by atoms with E-state index in [1.54, 1.807) is 11.9 Å². The van der Waals surface area contributed by atoms with Crippen LogP contribution in [0.2, 0.25) is 5.02 Å². The summed E-state index contributed by atoms with van der Waals surface area (Å²) < 4.78 is 3.50. The molecule has 0 radical (unpaired) electrons. The summed E-state index contributed by atoms with van der Waals surface area (Å²) in [7, 11) is 0. The van der Waals surface area contributed by atoms with Crippen LogP contribution in [-0.4, -0.2) is 11.9 Å². The summed E-state index contributed by atoms with van der Waals surface area (Å²) in [6.45, 7) is 0. The van der Waals surface area contributed by atoms with Crippen LogP contribution in [0, 0.1) is 0 Å². The number of carbonyl (C=O) groups excluding carboxylic acids is 1. The van der Waals surface area contributed by atoms with Crippen molar-refractivity contribution in [2.24, 2.45) is 5.73 Å². The van der Waals surface area contributed by atoms with E-state index in [-0.39, 0.29) is 5.91 Å². The Balaban J connectivity index is 1.64. The molecule has 5 heteroatoms. The molecule has 1 atom stereocenters. The molecule has 0 aromatic heterocycles. The van der Waals surface area contributed by atoms with Gasteiger partial charge in [-0.15, -0.1) is 0 Å². The number of benzene rings is 2. The Morgan fingerprint density at radius 3 is 2.68 bits per heavy atom. The van der Waals surface area contributed by atoms with Crippen LogP contribution in [0.3, 0.4) is 0 Å². The lowest BCUT2D eigenvalue weighted by Crippen LogP contribution is -2.30. The summed E-state index contributed by atoms with van der Waals surface area (Å²) in [5.41, 5.74) is 8.48. The van der Waals surface area contributed by atoms with E-state index < -0.39 is 0 Å². The minimum Gasteiger partial charge on any atom is -0.366 e. The Morgan fingerprint density at radius 1 is 1.18 bits per heavy atom. The monoisotopic (exact) mass is 332 g/mol. The number of fused-ring (bicyclic) bond motifs is 1. The van der Waals surface area contributed by atoms with Gasteiger partial charge < -0.3 is 5.73 Å². The number of aryl methyl sites for hydroxylation is 1. The van der Waals surface area contributed by atoms with Gasteiger partial charge in [0.15, 0.2) is 0 Å². The van der Waals surface area contributed by atoms with Crippen LogP contribution in [0.1, 0.15) is 27.9 Å². The van der Waals surface area contributed by atoms with Crippen molar-refractivity contribution in [3.05, 3.63) is 64.2 Å². The highest BCUT2D eigenvalue weighted by Crippen LogP contribution is 2.25. The van der Waals surface area contributed by atoms with Crippen molar-refractivity contribution in [2.45, 2.75) is 30.2 Å². The predicted octanol–water partition coefficient (Wildman–Crippen LogP) is 3.59. The minimum absolute atomic E-state index is 0.367. The zero-order chi connectivity index (χ0) is 15.5. The van der Waals surface area contributed by atoms with Crippen molar-refractivity contribution in [2.75, 3.05) is 0 Å². The molecule has 22 heavy (non-hydrogen) atoms. The summed E-state index contributed by atoms with van der Waals surface area (Å²) in [5, 5.41) is 0.745. The van der Waals surface area contributed by atoms with Crippen LogP contribution in [0.25, 0.3) is 0 Å². The van der Waals surface area contributed by atoms with Crippen molar-refractivity contribution in [1.29, 1.82) is 0 Å². The highest BCUT2D eigenvalue weighted by molar-refractivity contribution is 7.97. The van der Waals surface area contributed by atoms with Gasteiger partial charge in [0.25, 0.3) is 0 Å². The Bertz CT molecular complexity index is 688. The highest BCUT2D eigenvalue weighted by atomic mass is 35.5. The molecular formula is C17H17ClN2OS. The van der Waals surface area contributed by atoms with Crippen molar-refractivity contribution < 1.29 is 4.79 Å². The van der Waals surface area contributed by atoms with Crippen molar-refractivity contribution in [1.82, 2.24) is 4.72 Å². The van der Waals surface area contributed by atoms with Gasteiger partial charge in [0, 0.05) is 21.5 Å². The number of rotatable bonds is 4. The molecule has 2 aromatic rings. The van der Waals surface area contributed by atoms with E-state index in [2.05, 4.69) is 4.72 Å². The highest BCUT2D eigenvalue weighted by Gasteiger charge is 2.19. The van der Waals surface area contributed by atoms with Gasteiger partial charge in [-0.1, -0.05) is 17.7 Å². The molecule has 0 aliphatic heterocycles. The Hall–Kier alpha value is -1.49. The quantitative estimate of drug-likeness (QED) is 0.841. The van der Waals surface area contributed by atoms with Gasteiger partial charge in [-0.2, -0.15) is 0 Å². The number of hydrogen-bond acceptors (Lipinski definition) is 3. The molecule has 0 bridgehead atoms. The molecule has 3 N–H and O–H groups in total. The van der Waals surface area contributed by atoms with Crippen molar-refractivity contribution >= 4 is 29.5 Å². The van der Waals surface area contributed by atoms with E-state index in [9.17, 15) is 4.79 Å². The lowest BCUT2D eigenvalue weighted by molar-refractivity contribution is 0.1000. The summed E-state index contributed by atoms with van der Waals surface area (Å²) in [4.78, 5) is 12.4. The zero-order valence-electron chi connectivity index (χ0n) is 12.0. The molecule has 0 saturated carbocycles. The molecule has 0 spiro atoms. The third kappa shape index (κ3) is 3.64. The topological polar surface area (TPSA) is 55.1 Å². The van der Waals surface area contributed by atoms with Gasteiger partial charge in [-0.25, -0.2) is 0 Å². The second kappa shape index (κ2) is 6.73. The van der Waals surface area contributed by atoms with E-state index in [1.165, 1.54) is 11.1 Å². The lowest BCUT2D eigenvalue weighted by atomic mass is 9.87. The van der Waals surface area contributed by atoms with E-state index in [0.29, 0.717) is 11.6 Å². The fraction of sp³-hybridized carbons (Fsp3) is 0.235. The normalized spacial score (nSPS) is 17.0. The third-order valence-corrected chi connectivity index (χ3v) is 5.09. The second-order valence-electron chi connectivity index (χ2n) is 5.46.